The Morgan fingerprint density at radius 1 is 0.613 bits per heavy atom. The van der Waals surface area contributed by atoms with E-state index in [4.69, 9.17) is 0 Å². The first kappa shape index (κ1) is 22.7. The zero-order valence-electron chi connectivity index (χ0n) is 17.7. The second kappa shape index (κ2) is 12.0. The highest BCUT2D eigenvalue weighted by Crippen LogP contribution is 2.32. The third kappa shape index (κ3) is 7.02. The molecule has 164 valence electrons. The van der Waals surface area contributed by atoms with Gasteiger partial charge in [-0.1, -0.05) is 66.7 Å². The third-order valence-electron chi connectivity index (χ3n) is 5.34. The number of anilines is 2. The van der Waals surface area contributed by atoms with E-state index >= 15 is 0 Å². The molecule has 5 N–H and O–H groups in total. The van der Waals surface area contributed by atoms with E-state index in [-0.39, 0.29) is 5.75 Å². The van der Waals surface area contributed by atoms with Crippen LogP contribution in [0.1, 0.15) is 49.0 Å². The maximum Gasteiger partial charge on any atom is 0.140 e. The van der Waals surface area contributed by atoms with Gasteiger partial charge >= 0.3 is 0 Å². The molecule has 2 atom stereocenters. The van der Waals surface area contributed by atoms with Gasteiger partial charge in [0.05, 0.1) is 17.9 Å². The van der Waals surface area contributed by atoms with Crippen molar-refractivity contribution in [2.45, 2.75) is 37.9 Å². The molecular weight excluding hydrogens is 388 g/mol. The van der Waals surface area contributed by atoms with E-state index in [2.05, 4.69) is 10.6 Å². The lowest BCUT2D eigenvalue weighted by Crippen LogP contribution is -2.09. The van der Waals surface area contributed by atoms with Gasteiger partial charge in [-0.25, -0.2) is 0 Å². The molecule has 2 unspecified atom stereocenters. The van der Waals surface area contributed by atoms with E-state index in [9.17, 15) is 15.3 Å². The highest BCUT2D eigenvalue weighted by molar-refractivity contribution is 5.75. The van der Waals surface area contributed by atoms with Crippen LogP contribution in [0, 0.1) is 0 Å². The van der Waals surface area contributed by atoms with Gasteiger partial charge in [-0.3, -0.25) is 0 Å². The van der Waals surface area contributed by atoms with Crippen LogP contribution in [0.3, 0.4) is 0 Å². The van der Waals surface area contributed by atoms with Crippen LogP contribution in [0.5, 0.6) is 5.75 Å². The molecule has 0 aliphatic rings. The van der Waals surface area contributed by atoms with Gasteiger partial charge in [-0.05, 0) is 48.9 Å². The number of phenolic OH excluding ortho intramolecular Hbond substituents is 1. The summed E-state index contributed by atoms with van der Waals surface area (Å²) >= 11 is 0. The molecular formula is C26H32N2O3. The molecule has 0 aliphatic heterocycles. The van der Waals surface area contributed by atoms with Gasteiger partial charge in [-0.15, -0.1) is 0 Å². The molecule has 0 aromatic heterocycles. The maximum atomic E-state index is 10.3. The van der Waals surface area contributed by atoms with Crippen molar-refractivity contribution in [3.05, 3.63) is 90.0 Å². The van der Waals surface area contributed by atoms with Crippen LogP contribution in [0.2, 0.25) is 0 Å². The molecule has 0 amide bonds. The summed E-state index contributed by atoms with van der Waals surface area (Å²) in [5.41, 5.74) is 3.35. The van der Waals surface area contributed by atoms with Crippen molar-refractivity contribution in [1.29, 1.82) is 0 Å². The summed E-state index contributed by atoms with van der Waals surface area (Å²) < 4.78 is 0. The summed E-state index contributed by atoms with van der Waals surface area (Å²) in [5.74, 6) is 0.193. The molecule has 0 saturated heterocycles. The predicted octanol–water partition coefficient (Wildman–Crippen LogP) is 5.24. The molecule has 5 heteroatoms. The van der Waals surface area contributed by atoms with E-state index in [1.807, 2.05) is 66.7 Å². The third-order valence-corrected chi connectivity index (χ3v) is 5.34. The number of aliphatic hydroxyl groups excluding tert-OH is 2. The van der Waals surface area contributed by atoms with Crippen LogP contribution in [-0.4, -0.2) is 28.4 Å². The summed E-state index contributed by atoms with van der Waals surface area (Å²) in [6, 6.07) is 24.7. The Balaban J connectivity index is 1.44. The lowest BCUT2D eigenvalue weighted by Gasteiger charge is -2.17. The average Bonchev–Trinajstić information content (AvgIpc) is 2.81. The lowest BCUT2D eigenvalue weighted by molar-refractivity contribution is 0.165. The topological polar surface area (TPSA) is 84.8 Å². The normalized spacial score (nSPS) is 12.8. The van der Waals surface area contributed by atoms with Crippen molar-refractivity contribution in [2.75, 3.05) is 23.7 Å². The number of phenols is 1. The lowest BCUT2D eigenvalue weighted by atomic mass is 10.0. The van der Waals surface area contributed by atoms with Crippen molar-refractivity contribution in [1.82, 2.24) is 0 Å². The van der Waals surface area contributed by atoms with Gasteiger partial charge in [0.15, 0.2) is 0 Å². The summed E-state index contributed by atoms with van der Waals surface area (Å²) in [6.07, 6.45) is 1.92. The number of nitrogens with one attached hydrogen (secondary N) is 2. The zero-order chi connectivity index (χ0) is 21.9. The molecule has 0 heterocycles. The van der Waals surface area contributed by atoms with Crippen LogP contribution < -0.4 is 10.6 Å². The Labute approximate surface area is 184 Å². The number of rotatable bonds is 12. The summed E-state index contributed by atoms with van der Waals surface area (Å²) in [5, 5.41) is 37.5. The standard InChI is InChI=1S/C26H32N2O3/c29-23(20-10-3-1-4-11-20)16-8-18-27-22-14-7-15-25(31)26(22)28-19-9-17-24(30)21-12-5-2-6-13-21/h1-7,10-15,23-24,27-31H,8-9,16-19H2. The number of para-hydroxylation sites is 1. The van der Waals surface area contributed by atoms with Crippen LogP contribution in [0.15, 0.2) is 78.9 Å². The van der Waals surface area contributed by atoms with Gasteiger partial charge in [-0.2, -0.15) is 0 Å². The van der Waals surface area contributed by atoms with Crippen molar-refractivity contribution in [3.63, 3.8) is 0 Å². The molecule has 0 bridgehead atoms. The predicted molar refractivity (Wildman–Crippen MR) is 126 cm³/mol. The van der Waals surface area contributed by atoms with Crippen molar-refractivity contribution < 1.29 is 15.3 Å². The van der Waals surface area contributed by atoms with Crippen LogP contribution in [0.4, 0.5) is 11.4 Å². The fourth-order valence-electron chi connectivity index (χ4n) is 3.58. The van der Waals surface area contributed by atoms with Crippen molar-refractivity contribution in [2.24, 2.45) is 0 Å². The van der Waals surface area contributed by atoms with Crippen LogP contribution >= 0.6 is 0 Å². The second-order valence-electron chi connectivity index (χ2n) is 7.69. The smallest absolute Gasteiger partial charge is 0.140 e. The first-order valence-electron chi connectivity index (χ1n) is 10.9. The molecule has 0 fully saturated rings. The van der Waals surface area contributed by atoms with Gasteiger partial charge in [0.1, 0.15) is 11.4 Å². The number of hydrogen-bond acceptors (Lipinski definition) is 5. The quantitative estimate of drug-likeness (QED) is 0.204. The summed E-state index contributed by atoms with van der Waals surface area (Å²) in [4.78, 5) is 0. The van der Waals surface area contributed by atoms with Gasteiger partial charge in [0, 0.05) is 13.1 Å². The molecule has 3 rings (SSSR count). The highest BCUT2D eigenvalue weighted by atomic mass is 16.3. The largest absolute Gasteiger partial charge is 0.506 e. The Hall–Kier alpha value is -3.02. The van der Waals surface area contributed by atoms with Crippen LogP contribution in [0.25, 0.3) is 0 Å². The molecule has 0 radical (unpaired) electrons. The van der Waals surface area contributed by atoms with E-state index < -0.39 is 12.2 Å². The molecule has 0 aliphatic carbocycles. The van der Waals surface area contributed by atoms with Crippen LogP contribution in [-0.2, 0) is 0 Å². The van der Waals surface area contributed by atoms with Gasteiger partial charge in [0.25, 0.3) is 0 Å². The van der Waals surface area contributed by atoms with Crippen molar-refractivity contribution >= 4 is 11.4 Å². The Morgan fingerprint density at radius 3 is 1.68 bits per heavy atom. The second-order valence-corrected chi connectivity index (χ2v) is 7.69. The van der Waals surface area contributed by atoms with Gasteiger partial charge < -0.3 is 26.0 Å². The first-order chi connectivity index (χ1) is 15.1. The summed E-state index contributed by atoms with van der Waals surface area (Å²) in [6.45, 7) is 1.33. The van der Waals surface area contributed by atoms with E-state index in [0.29, 0.717) is 31.6 Å². The minimum atomic E-state index is -0.485. The Bertz CT molecular complexity index is 903. The zero-order valence-corrected chi connectivity index (χ0v) is 17.7. The number of aromatic hydroxyl groups is 1. The molecule has 3 aromatic rings. The molecule has 3 aromatic carbocycles. The minimum absolute atomic E-state index is 0.193. The highest BCUT2D eigenvalue weighted by Gasteiger charge is 2.10. The number of aliphatic hydroxyl groups is 2. The number of hydrogen-bond donors (Lipinski definition) is 5. The number of benzene rings is 3. The molecule has 0 saturated carbocycles. The van der Waals surface area contributed by atoms with E-state index in [1.165, 1.54) is 0 Å². The van der Waals surface area contributed by atoms with Crippen molar-refractivity contribution in [3.8, 4) is 5.75 Å². The molecule has 0 spiro atoms. The molecule has 31 heavy (non-hydrogen) atoms. The maximum absolute atomic E-state index is 10.3. The SMILES string of the molecule is Oc1cccc(NCCCC(O)c2ccccc2)c1NCCCC(O)c1ccccc1. The first-order valence-corrected chi connectivity index (χ1v) is 10.9. The Morgan fingerprint density at radius 2 is 1.13 bits per heavy atom. The Kier molecular flexibility index (Phi) is 8.76. The van der Waals surface area contributed by atoms with Gasteiger partial charge in [0.2, 0.25) is 0 Å². The summed E-state index contributed by atoms with van der Waals surface area (Å²) in [7, 11) is 0. The fourth-order valence-corrected chi connectivity index (χ4v) is 3.58. The fraction of sp³-hybridized carbons (Fsp3) is 0.308. The van der Waals surface area contributed by atoms with E-state index in [1.54, 1.807) is 12.1 Å². The van der Waals surface area contributed by atoms with E-state index in [0.717, 1.165) is 29.7 Å². The monoisotopic (exact) mass is 420 g/mol. The minimum Gasteiger partial charge on any atom is -0.506 e. The average molecular weight is 421 g/mol. The molecule has 5 nitrogen and oxygen atoms in total.